The van der Waals surface area contributed by atoms with Gasteiger partial charge in [-0.2, -0.15) is 0 Å². The fraction of sp³-hybridized carbons (Fsp3) is 0.0667. The molecule has 1 N–H and O–H groups in total. The maximum atomic E-state index is 8.78. The summed E-state index contributed by atoms with van der Waals surface area (Å²) in [7, 11) is 0. The van der Waals surface area contributed by atoms with Crippen molar-refractivity contribution in [3.8, 4) is 11.5 Å². The first kappa shape index (κ1) is 11.4. The summed E-state index contributed by atoms with van der Waals surface area (Å²) >= 11 is 0. The molecule has 0 aliphatic carbocycles. The Labute approximate surface area is 101 Å². The minimum atomic E-state index is 0.0275. The van der Waals surface area contributed by atoms with Gasteiger partial charge >= 0.3 is 0 Å². The van der Waals surface area contributed by atoms with E-state index >= 15 is 0 Å². The van der Waals surface area contributed by atoms with Crippen molar-refractivity contribution in [2.24, 2.45) is 0 Å². The minimum Gasteiger partial charge on any atom is -0.457 e. The van der Waals surface area contributed by atoms with Crippen molar-refractivity contribution < 1.29 is 9.84 Å². The van der Waals surface area contributed by atoms with Crippen LogP contribution in [0.15, 0.2) is 60.7 Å². The van der Waals surface area contributed by atoms with E-state index in [9.17, 15) is 0 Å². The Bertz CT molecular complexity index is 489. The smallest absolute Gasteiger partial charge is 0.134 e. The molecule has 17 heavy (non-hydrogen) atoms. The average Bonchev–Trinajstić information content (AvgIpc) is 2.39. The number of rotatable bonds is 4. The highest BCUT2D eigenvalue weighted by molar-refractivity contribution is 5.58. The maximum Gasteiger partial charge on any atom is 0.134 e. The van der Waals surface area contributed by atoms with E-state index in [1.807, 2.05) is 60.7 Å². The van der Waals surface area contributed by atoms with Crippen LogP contribution < -0.4 is 4.74 Å². The third-order valence-corrected chi connectivity index (χ3v) is 2.29. The van der Waals surface area contributed by atoms with E-state index in [0.29, 0.717) is 0 Å². The van der Waals surface area contributed by atoms with Gasteiger partial charge in [0.15, 0.2) is 0 Å². The summed E-state index contributed by atoms with van der Waals surface area (Å²) in [4.78, 5) is 0. The number of aliphatic hydroxyl groups is 1. The van der Waals surface area contributed by atoms with Crippen LogP contribution in [0.4, 0.5) is 0 Å². The number of benzene rings is 2. The van der Waals surface area contributed by atoms with Gasteiger partial charge in [0.2, 0.25) is 0 Å². The fourth-order valence-corrected chi connectivity index (χ4v) is 1.51. The second-order valence-electron chi connectivity index (χ2n) is 3.54. The predicted octanol–water partition coefficient (Wildman–Crippen LogP) is 3.48. The van der Waals surface area contributed by atoms with Crippen molar-refractivity contribution in [1.29, 1.82) is 0 Å². The molecule has 0 spiro atoms. The fourth-order valence-electron chi connectivity index (χ4n) is 1.51. The van der Waals surface area contributed by atoms with Gasteiger partial charge in [-0.05, 0) is 18.2 Å². The second-order valence-corrected chi connectivity index (χ2v) is 3.54. The molecule has 0 radical (unpaired) electrons. The number of ether oxygens (including phenoxy) is 1. The summed E-state index contributed by atoms with van der Waals surface area (Å²) < 4.78 is 5.77. The summed E-state index contributed by atoms with van der Waals surface area (Å²) in [5.41, 5.74) is 0.949. The van der Waals surface area contributed by atoms with E-state index in [-0.39, 0.29) is 6.61 Å². The van der Waals surface area contributed by atoms with Crippen LogP contribution in [0.5, 0.6) is 11.5 Å². The zero-order valence-corrected chi connectivity index (χ0v) is 9.41. The van der Waals surface area contributed by atoms with Crippen LogP contribution in [-0.4, -0.2) is 11.7 Å². The lowest BCUT2D eigenvalue weighted by atomic mass is 10.2. The summed E-state index contributed by atoms with van der Waals surface area (Å²) in [5.74, 6) is 1.58. The Morgan fingerprint density at radius 2 is 1.65 bits per heavy atom. The van der Waals surface area contributed by atoms with Gasteiger partial charge in [-0.3, -0.25) is 0 Å². The number of para-hydroxylation sites is 2. The van der Waals surface area contributed by atoms with Crippen LogP contribution in [-0.2, 0) is 0 Å². The average molecular weight is 226 g/mol. The van der Waals surface area contributed by atoms with E-state index in [1.165, 1.54) is 0 Å². The molecule has 0 bridgehead atoms. The maximum absolute atomic E-state index is 8.78. The Balaban J connectivity index is 2.23. The molecule has 86 valence electrons. The number of hydrogen-bond acceptors (Lipinski definition) is 2. The van der Waals surface area contributed by atoms with Gasteiger partial charge in [0.25, 0.3) is 0 Å². The summed E-state index contributed by atoms with van der Waals surface area (Å²) in [6.07, 6.45) is 3.53. The second kappa shape index (κ2) is 5.87. The van der Waals surface area contributed by atoms with Crippen LogP contribution in [0.2, 0.25) is 0 Å². The Kier molecular flexibility index (Phi) is 3.95. The molecular weight excluding hydrogens is 212 g/mol. The monoisotopic (exact) mass is 226 g/mol. The molecule has 0 aliphatic rings. The lowest BCUT2D eigenvalue weighted by Gasteiger charge is -2.08. The molecule has 2 heteroatoms. The zero-order chi connectivity index (χ0) is 11.9. The molecular formula is C15H14O2. The van der Waals surface area contributed by atoms with Crippen molar-refractivity contribution in [1.82, 2.24) is 0 Å². The molecule has 0 fully saturated rings. The molecule has 0 unspecified atom stereocenters. The van der Waals surface area contributed by atoms with Crippen molar-refractivity contribution in [2.45, 2.75) is 0 Å². The van der Waals surface area contributed by atoms with E-state index in [4.69, 9.17) is 9.84 Å². The van der Waals surface area contributed by atoms with Gasteiger partial charge in [0.05, 0.1) is 6.61 Å². The van der Waals surface area contributed by atoms with Gasteiger partial charge in [-0.15, -0.1) is 0 Å². The van der Waals surface area contributed by atoms with Gasteiger partial charge in [0.1, 0.15) is 11.5 Å². The van der Waals surface area contributed by atoms with Crippen molar-refractivity contribution >= 4 is 6.08 Å². The third-order valence-electron chi connectivity index (χ3n) is 2.29. The zero-order valence-electron chi connectivity index (χ0n) is 9.41. The topological polar surface area (TPSA) is 29.5 Å². The van der Waals surface area contributed by atoms with Gasteiger partial charge in [-0.25, -0.2) is 0 Å². The Morgan fingerprint density at radius 1 is 0.941 bits per heavy atom. The molecule has 0 saturated carbocycles. The van der Waals surface area contributed by atoms with E-state index in [2.05, 4.69) is 0 Å². The van der Waals surface area contributed by atoms with Gasteiger partial charge < -0.3 is 9.84 Å². The lowest BCUT2D eigenvalue weighted by molar-refractivity contribution is 0.343. The molecule has 2 aromatic carbocycles. The number of aliphatic hydroxyl groups excluding tert-OH is 1. The van der Waals surface area contributed by atoms with Crippen LogP contribution in [0.3, 0.4) is 0 Å². The quantitative estimate of drug-likeness (QED) is 0.864. The summed E-state index contributed by atoms with van der Waals surface area (Å²) in [6.45, 7) is 0.0275. The molecule has 0 amide bonds. The molecule has 0 heterocycles. The molecule has 2 rings (SSSR count). The van der Waals surface area contributed by atoms with Crippen molar-refractivity contribution in [3.63, 3.8) is 0 Å². The summed E-state index contributed by atoms with van der Waals surface area (Å²) in [6, 6.07) is 17.4. The van der Waals surface area contributed by atoms with E-state index in [1.54, 1.807) is 6.08 Å². The normalized spacial score (nSPS) is 10.6. The van der Waals surface area contributed by atoms with Crippen LogP contribution in [0.1, 0.15) is 5.56 Å². The highest BCUT2D eigenvalue weighted by Gasteiger charge is 2.00. The third kappa shape index (κ3) is 3.20. The van der Waals surface area contributed by atoms with Gasteiger partial charge in [0, 0.05) is 5.56 Å². The molecule has 2 aromatic rings. The SMILES string of the molecule is OC/C=C/c1ccccc1Oc1ccccc1. The Hall–Kier alpha value is -2.06. The highest BCUT2D eigenvalue weighted by Crippen LogP contribution is 2.25. The predicted molar refractivity (Wildman–Crippen MR) is 69.1 cm³/mol. The largest absolute Gasteiger partial charge is 0.457 e. The first-order valence-corrected chi connectivity index (χ1v) is 5.49. The highest BCUT2D eigenvalue weighted by atomic mass is 16.5. The molecule has 2 nitrogen and oxygen atoms in total. The first-order valence-electron chi connectivity index (χ1n) is 5.49. The van der Waals surface area contributed by atoms with E-state index in [0.717, 1.165) is 17.1 Å². The van der Waals surface area contributed by atoms with Crippen molar-refractivity contribution in [2.75, 3.05) is 6.61 Å². The Morgan fingerprint density at radius 3 is 2.41 bits per heavy atom. The minimum absolute atomic E-state index is 0.0275. The molecule has 0 aromatic heterocycles. The first-order chi connectivity index (χ1) is 8.40. The molecule has 0 atom stereocenters. The van der Waals surface area contributed by atoms with E-state index < -0.39 is 0 Å². The van der Waals surface area contributed by atoms with Crippen LogP contribution in [0, 0.1) is 0 Å². The van der Waals surface area contributed by atoms with Crippen LogP contribution in [0.25, 0.3) is 6.08 Å². The van der Waals surface area contributed by atoms with Gasteiger partial charge in [-0.1, -0.05) is 48.6 Å². The van der Waals surface area contributed by atoms with Crippen molar-refractivity contribution in [3.05, 3.63) is 66.2 Å². The lowest BCUT2D eigenvalue weighted by Crippen LogP contribution is -1.87. The number of hydrogen-bond donors (Lipinski definition) is 1. The summed E-state index contributed by atoms with van der Waals surface area (Å²) in [5, 5.41) is 8.78. The standard InChI is InChI=1S/C15H14O2/c16-12-6-8-13-7-4-5-11-15(13)17-14-9-2-1-3-10-14/h1-11,16H,12H2/b8-6+. The molecule has 0 aliphatic heterocycles. The van der Waals surface area contributed by atoms with Crippen LogP contribution >= 0.6 is 0 Å². The molecule has 0 saturated heterocycles.